The number of anilines is 2. The summed E-state index contributed by atoms with van der Waals surface area (Å²) in [6.07, 6.45) is 4.07. The minimum Gasteiger partial charge on any atom is -0.441 e. The number of nitrogens with one attached hydrogen (secondary N) is 3. The van der Waals surface area contributed by atoms with E-state index < -0.39 is 24.5 Å². The lowest BCUT2D eigenvalue weighted by atomic mass is 10.1. The van der Waals surface area contributed by atoms with E-state index in [4.69, 9.17) is 9.47 Å². The molecule has 2 fully saturated rings. The summed E-state index contributed by atoms with van der Waals surface area (Å²) in [7, 11) is 0. The van der Waals surface area contributed by atoms with Crippen LogP contribution in [0.3, 0.4) is 0 Å². The fourth-order valence-electron chi connectivity index (χ4n) is 4.17. The molecule has 6 rings (SSSR count). The maximum absolute atomic E-state index is 15.1. The average molecular weight is 503 g/mol. The largest absolute Gasteiger partial charge is 0.441 e. The quantitative estimate of drug-likeness (QED) is 0.360. The number of halogens is 1. The van der Waals surface area contributed by atoms with Crippen LogP contribution in [-0.2, 0) is 9.47 Å². The topological polar surface area (TPSA) is 155 Å². The number of rotatable bonds is 6. The molecule has 5 heterocycles. The van der Waals surface area contributed by atoms with Gasteiger partial charge in [-0.05, 0) is 25.8 Å². The number of ether oxygens (including phenoxy) is 2. The number of alkyl carbamates (subject to hydrolysis) is 1. The molecule has 1 saturated heterocycles. The molecule has 3 N–H and O–H groups in total. The van der Waals surface area contributed by atoms with Gasteiger partial charge in [0, 0.05) is 41.3 Å². The van der Waals surface area contributed by atoms with Gasteiger partial charge >= 0.3 is 6.09 Å². The van der Waals surface area contributed by atoms with Gasteiger partial charge in [-0.25, -0.2) is 19.2 Å². The number of aromatic amines is 1. The van der Waals surface area contributed by atoms with Crippen LogP contribution in [0.5, 0.6) is 0 Å². The second-order valence-electron chi connectivity index (χ2n) is 9.33. The lowest BCUT2D eigenvalue weighted by molar-refractivity contribution is 0.0604. The van der Waals surface area contributed by atoms with E-state index in [1.807, 2.05) is 19.1 Å². The number of alkyl halides is 1. The first-order valence-corrected chi connectivity index (χ1v) is 11.7. The first-order valence-electron chi connectivity index (χ1n) is 11.7. The molecule has 1 aliphatic heterocycles. The Kier molecular flexibility index (Phi) is 5.45. The Morgan fingerprint density at radius 3 is 3.03 bits per heavy atom. The number of pyridine rings is 1. The summed E-state index contributed by atoms with van der Waals surface area (Å²) in [5, 5.41) is 22.2. The van der Waals surface area contributed by atoms with E-state index in [1.165, 1.54) is 0 Å². The van der Waals surface area contributed by atoms with Gasteiger partial charge in [-0.15, -0.1) is 0 Å². The monoisotopic (exact) mass is 503 g/mol. The van der Waals surface area contributed by atoms with Gasteiger partial charge in [-0.1, -0.05) is 6.07 Å². The zero-order valence-electron chi connectivity index (χ0n) is 19.7. The highest BCUT2D eigenvalue weighted by atomic mass is 19.1. The summed E-state index contributed by atoms with van der Waals surface area (Å²) >= 11 is 0. The number of H-pyrrole nitrogens is 1. The van der Waals surface area contributed by atoms with Gasteiger partial charge in [0.25, 0.3) is 0 Å². The highest BCUT2D eigenvalue weighted by Crippen LogP contribution is 2.36. The molecule has 1 saturated carbocycles. The maximum atomic E-state index is 15.1. The number of hydrogen-bond acceptors (Lipinski definition) is 9. The van der Waals surface area contributed by atoms with E-state index in [0.29, 0.717) is 28.7 Å². The Hall–Kier alpha value is -4.57. The first kappa shape index (κ1) is 22.9. The highest BCUT2D eigenvalue weighted by molar-refractivity contribution is 5.78. The number of imidazole rings is 1. The van der Waals surface area contributed by atoms with Crippen molar-refractivity contribution in [3.8, 4) is 17.2 Å². The van der Waals surface area contributed by atoms with Crippen molar-refractivity contribution in [1.82, 2.24) is 34.9 Å². The molecule has 0 unspecified atom stereocenters. The molecule has 1 aliphatic carbocycles. The van der Waals surface area contributed by atoms with Crippen molar-refractivity contribution in [3.05, 3.63) is 54.4 Å². The Morgan fingerprint density at radius 2 is 2.27 bits per heavy atom. The lowest BCUT2D eigenvalue weighted by Crippen LogP contribution is -2.39. The fraction of sp³-hybridized carbons (Fsp3) is 0.333. The normalized spacial score (nSPS) is 21.9. The van der Waals surface area contributed by atoms with E-state index >= 15 is 4.39 Å². The van der Waals surface area contributed by atoms with E-state index in [0.717, 1.165) is 18.4 Å². The van der Waals surface area contributed by atoms with E-state index in [9.17, 15) is 10.1 Å². The molecule has 13 heteroatoms. The van der Waals surface area contributed by atoms with Crippen LogP contribution in [0.15, 0.2) is 43.0 Å². The predicted octanol–water partition coefficient (Wildman–Crippen LogP) is 3.19. The second kappa shape index (κ2) is 8.82. The Balaban J connectivity index is 1.19. The van der Waals surface area contributed by atoms with Crippen molar-refractivity contribution < 1.29 is 18.7 Å². The number of carbonyl (C=O) groups excluding carboxylic acids is 1. The predicted molar refractivity (Wildman–Crippen MR) is 127 cm³/mol. The van der Waals surface area contributed by atoms with E-state index in [1.54, 1.807) is 41.3 Å². The summed E-state index contributed by atoms with van der Waals surface area (Å²) in [6.45, 7) is 1.84. The van der Waals surface area contributed by atoms with Crippen LogP contribution in [0.1, 0.15) is 37.3 Å². The molecule has 1 amide bonds. The number of nitrogens with zero attached hydrogens (tertiary/aromatic N) is 6. The standard InChI is InChI=1S/C24H22FN9O3/c1-24(4-5-24)31-23(35)37-17-12-36-20(19(17)25)16-7-18(33-32-16)30-22-28-10-15(13-3-2-6-27-9-13)21-29-14(8-26)11-34(21)22/h2-3,6-7,9-11,17,19-20H,4-5,12H2,1H3,(H,31,35)(H2,28,30,32,33)/t17-,19+,20-/m0/s1. The molecular formula is C24H22FN9O3. The molecule has 12 nitrogen and oxygen atoms in total. The second-order valence-corrected chi connectivity index (χ2v) is 9.33. The van der Waals surface area contributed by atoms with Crippen molar-refractivity contribution in [3.63, 3.8) is 0 Å². The van der Waals surface area contributed by atoms with E-state index in [2.05, 4.69) is 35.8 Å². The number of nitriles is 1. The fourth-order valence-corrected chi connectivity index (χ4v) is 4.17. The third-order valence-electron chi connectivity index (χ3n) is 6.47. The van der Waals surface area contributed by atoms with Crippen LogP contribution >= 0.6 is 0 Å². The van der Waals surface area contributed by atoms with Crippen LogP contribution in [0.25, 0.3) is 16.8 Å². The molecule has 0 aromatic carbocycles. The van der Waals surface area contributed by atoms with E-state index in [-0.39, 0.29) is 17.8 Å². The molecular weight excluding hydrogens is 481 g/mol. The Bertz CT molecular complexity index is 1510. The van der Waals surface area contributed by atoms with Crippen LogP contribution in [0.2, 0.25) is 0 Å². The summed E-state index contributed by atoms with van der Waals surface area (Å²) in [4.78, 5) is 25.1. The van der Waals surface area contributed by atoms with Gasteiger partial charge in [-0.2, -0.15) is 10.4 Å². The van der Waals surface area contributed by atoms with Crippen molar-refractivity contribution in [2.24, 2.45) is 0 Å². The van der Waals surface area contributed by atoms with Crippen LogP contribution < -0.4 is 10.6 Å². The SMILES string of the molecule is CC1(NC(=O)O[C@H]2CO[C@@H](c3cc(Nc4ncc(-c5cccnc5)c5nc(C#N)cn45)n[nH]3)[C@@H]2F)CC1. The van der Waals surface area contributed by atoms with Crippen LogP contribution in [-0.4, -0.2) is 60.1 Å². The minimum atomic E-state index is -1.57. The van der Waals surface area contributed by atoms with Crippen molar-refractivity contribution >= 4 is 23.5 Å². The van der Waals surface area contributed by atoms with Gasteiger partial charge < -0.3 is 20.1 Å². The van der Waals surface area contributed by atoms with Crippen LogP contribution in [0.4, 0.5) is 21.0 Å². The van der Waals surface area contributed by atoms with Crippen molar-refractivity contribution in [1.29, 1.82) is 5.26 Å². The Morgan fingerprint density at radius 1 is 1.41 bits per heavy atom. The third-order valence-corrected chi connectivity index (χ3v) is 6.47. The highest BCUT2D eigenvalue weighted by Gasteiger charge is 2.44. The average Bonchev–Trinajstić information content (AvgIpc) is 3.25. The van der Waals surface area contributed by atoms with Gasteiger partial charge in [0.2, 0.25) is 5.95 Å². The molecule has 0 spiro atoms. The van der Waals surface area contributed by atoms with Crippen molar-refractivity contribution in [2.45, 2.75) is 43.7 Å². The summed E-state index contributed by atoms with van der Waals surface area (Å²) in [6, 6.07) is 7.31. The summed E-state index contributed by atoms with van der Waals surface area (Å²) in [5.74, 6) is 0.704. The molecule has 4 aromatic rings. The summed E-state index contributed by atoms with van der Waals surface area (Å²) in [5.41, 5.74) is 2.35. The minimum absolute atomic E-state index is 0.0678. The molecule has 188 valence electrons. The van der Waals surface area contributed by atoms with Gasteiger partial charge in [0.05, 0.1) is 18.5 Å². The molecule has 3 atom stereocenters. The smallest absolute Gasteiger partial charge is 0.408 e. The van der Waals surface area contributed by atoms with Gasteiger partial charge in [0.15, 0.2) is 29.4 Å². The number of carbonyl (C=O) groups is 1. The molecule has 4 aromatic heterocycles. The number of fused-ring (bicyclic) bond motifs is 1. The Labute approximate surface area is 209 Å². The summed E-state index contributed by atoms with van der Waals surface area (Å²) < 4.78 is 27.5. The first-order chi connectivity index (χ1) is 17.9. The van der Waals surface area contributed by atoms with Crippen LogP contribution in [0, 0.1) is 11.3 Å². The number of aromatic nitrogens is 6. The maximum Gasteiger partial charge on any atom is 0.408 e. The molecule has 2 aliphatic rings. The van der Waals surface area contributed by atoms with Gasteiger partial charge in [-0.3, -0.25) is 14.5 Å². The third kappa shape index (κ3) is 4.43. The molecule has 0 bridgehead atoms. The number of hydrogen-bond donors (Lipinski definition) is 3. The zero-order valence-corrected chi connectivity index (χ0v) is 19.7. The lowest BCUT2D eigenvalue weighted by Gasteiger charge is -2.17. The van der Waals surface area contributed by atoms with Gasteiger partial charge in [0.1, 0.15) is 12.2 Å². The van der Waals surface area contributed by atoms with Crippen molar-refractivity contribution in [2.75, 3.05) is 11.9 Å². The number of amides is 1. The zero-order chi connectivity index (χ0) is 25.6. The molecule has 37 heavy (non-hydrogen) atoms. The molecule has 0 radical (unpaired) electrons.